The number of hydrogen-bond donors (Lipinski definition) is 2. The summed E-state index contributed by atoms with van der Waals surface area (Å²) in [6, 6.07) is 7.88. The van der Waals surface area contributed by atoms with E-state index >= 15 is 0 Å². The van der Waals surface area contributed by atoms with Crippen molar-refractivity contribution < 1.29 is 8.42 Å². The van der Waals surface area contributed by atoms with Crippen molar-refractivity contribution in [1.82, 2.24) is 4.72 Å². The van der Waals surface area contributed by atoms with Crippen molar-refractivity contribution in [3.63, 3.8) is 0 Å². The molecule has 6 heteroatoms. The predicted octanol–water partition coefficient (Wildman–Crippen LogP) is 0.326. The predicted molar refractivity (Wildman–Crippen MR) is 62.5 cm³/mol. The van der Waals surface area contributed by atoms with Gasteiger partial charge in [-0.15, -0.1) is 0 Å². The highest BCUT2D eigenvalue weighted by atomic mass is 32.2. The van der Waals surface area contributed by atoms with Crippen molar-refractivity contribution in [2.45, 2.75) is 29.8 Å². The zero-order valence-corrected chi connectivity index (χ0v) is 9.94. The Morgan fingerprint density at radius 2 is 2.12 bits per heavy atom. The van der Waals surface area contributed by atoms with E-state index in [0.717, 1.165) is 0 Å². The molecule has 1 aromatic carbocycles. The Kier molecular flexibility index (Phi) is 3.15. The molecule has 0 unspecified atom stereocenters. The summed E-state index contributed by atoms with van der Waals surface area (Å²) in [4.78, 5) is 0.122. The maximum absolute atomic E-state index is 11.9. The van der Waals surface area contributed by atoms with Crippen LogP contribution in [0, 0.1) is 11.3 Å². The molecule has 3 N–H and O–H groups in total. The van der Waals surface area contributed by atoms with Crippen LogP contribution in [0.2, 0.25) is 0 Å². The second kappa shape index (κ2) is 4.45. The molecule has 90 valence electrons. The lowest BCUT2D eigenvalue weighted by molar-refractivity contribution is 0.327. The summed E-state index contributed by atoms with van der Waals surface area (Å²) in [5, 5.41) is 8.72. The monoisotopic (exact) mass is 251 g/mol. The molecule has 0 radical (unpaired) electrons. The molecule has 1 aromatic rings. The molecule has 1 aliphatic carbocycles. The summed E-state index contributed by atoms with van der Waals surface area (Å²) >= 11 is 0. The van der Waals surface area contributed by atoms with Gasteiger partial charge < -0.3 is 5.73 Å². The van der Waals surface area contributed by atoms with Crippen LogP contribution in [0.5, 0.6) is 0 Å². The minimum absolute atomic E-state index is 0.0826. The van der Waals surface area contributed by atoms with Crippen LogP contribution in [0.3, 0.4) is 0 Å². The van der Waals surface area contributed by atoms with E-state index < -0.39 is 10.0 Å². The minimum Gasteiger partial charge on any atom is -0.328 e. The molecule has 0 spiro atoms. The third-order valence-corrected chi connectivity index (χ3v) is 4.29. The summed E-state index contributed by atoms with van der Waals surface area (Å²) in [6.07, 6.45) is 1.33. The number of nitrogens with one attached hydrogen (secondary N) is 1. The maximum Gasteiger partial charge on any atom is 0.240 e. The van der Waals surface area contributed by atoms with E-state index in [2.05, 4.69) is 4.72 Å². The summed E-state index contributed by atoms with van der Waals surface area (Å²) in [5.41, 5.74) is 5.93. The number of benzene rings is 1. The summed E-state index contributed by atoms with van der Waals surface area (Å²) in [7, 11) is -3.53. The fourth-order valence-electron chi connectivity index (χ4n) is 1.78. The summed E-state index contributed by atoms with van der Waals surface area (Å²) < 4.78 is 26.5. The molecule has 17 heavy (non-hydrogen) atoms. The lowest BCUT2D eigenvalue weighted by Crippen LogP contribution is -2.50. The molecule has 0 atom stereocenters. The highest BCUT2D eigenvalue weighted by molar-refractivity contribution is 7.89. The summed E-state index contributed by atoms with van der Waals surface area (Å²) in [5.74, 6) is 0. The van der Waals surface area contributed by atoms with Gasteiger partial charge in [0.15, 0.2) is 0 Å². The van der Waals surface area contributed by atoms with Gasteiger partial charge in [-0.1, -0.05) is 6.07 Å². The molecule has 0 aromatic heterocycles. The maximum atomic E-state index is 11.9. The van der Waals surface area contributed by atoms with Crippen LogP contribution in [-0.4, -0.2) is 20.5 Å². The first-order valence-electron chi connectivity index (χ1n) is 5.29. The molecular formula is C11H13N3O2S. The first-order chi connectivity index (χ1) is 8.01. The number of nitrogens with two attached hydrogens (primary N) is 1. The Balaban J connectivity index is 2.17. The third kappa shape index (κ3) is 2.64. The van der Waals surface area contributed by atoms with Crippen molar-refractivity contribution in [1.29, 1.82) is 5.26 Å². The smallest absolute Gasteiger partial charge is 0.240 e. The molecule has 0 amide bonds. The fraction of sp³-hybridized carbons (Fsp3) is 0.364. The molecule has 0 heterocycles. The van der Waals surface area contributed by atoms with E-state index in [1.54, 1.807) is 12.1 Å². The molecule has 2 rings (SSSR count). The van der Waals surface area contributed by atoms with Crippen LogP contribution in [0.15, 0.2) is 29.2 Å². The van der Waals surface area contributed by atoms with Gasteiger partial charge in [-0.25, -0.2) is 13.1 Å². The van der Waals surface area contributed by atoms with Gasteiger partial charge in [0.2, 0.25) is 10.0 Å². The van der Waals surface area contributed by atoms with Gasteiger partial charge in [-0.05, 0) is 31.0 Å². The molecule has 0 saturated heterocycles. The molecular weight excluding hydrogens is 238 g/mol. The highest BCUT2D eigenvalue weighted by Crippen LogP contribution is 2.20. The van der Waals surface area contributed by atoms with E-state index in [9.17, 15) is 8.42 Å². The van der Waals surface area contributed by atoms with Crippen molar-refractivity contribution in [2.24, 2.45) is 5.73 Å². The van der Waals surface area contributed by atoms with E-state index in [1.807, 2.05) is 6.07 Å². The van der Waals surface area contributed by atoms with Crippen molar-refractivity contribution in [3.8, 4) is 6.07 Å². The Morgan fingerprint density at radius 3 is 2.71 bits per heavy atom. The molecule has 1 saturated carbocycles. The second-order valence-corrected chi connectivity index (χ2v) is 5.90. The average Bonchev–Trinajstić information content (AvgIpc) is 2.27. The van der Waals surface area contributed by atoms with Crippen molar-refractivity contribution in [3.05, 3.63) is 29.8 Å². The Labute approximate surface area is 100 Å². The van der Waals surface area contributed by atoms with Gasteiger partial charge in [-0.3, -0.25) is 0 Å². The van der Waals surface area contributed by atoms with Crippen LogP contribution >= 0.6 is 0 Å². The molecule has 1 aliphatic rings. The van der Waals surface area contributed by atoms with Gasteiger partial charge in [0.05, 0.1) is 16.5 Å². The Morgan fingerprint density at radius 1 is 1.41 bits per heavy atom. The number of hydrogen-bond acceptors (Lipinski definition) is 4. The molecule has 0 aliphatic heterocycles. The van der Waals surface area contributed by atoms with E-state index in [0.29, 0.717) is 18.4 Å². The lowest BCUT2D eigenvalue weighted by atomic mass is 9.89. The van der Waals surface area contributed by atoms with Crippen LogP contribution in [0.4, 0.5) is 0 Å². The largest absolute Gasteiger partial charge is 0.328 e. The number of nitrogens with zero attached hydrogens (tertiary/aromatic N) is 1. The topological polar surface area (TPSA) is 96.0 Å². The SMILES string of the molecule is N#Cc1cccc(S(=O)(=O)NC2CC(N)C2)c1. The zero-order valence-electron chi connectivity index (χ0n) is 9.13. The lowest BCUT2D eigenvalue weighted by Gasteiger charge is -2.32. The molecule has 0 bridgehead atoms. The Hall–Kier alpha value is -1.42. The number of rotatable bonds is 3. The Bertz CT molecular complexity index is 556. The van der Waals surface area contributed by atoms with Crippen LogP contribution in [0.25, 0.3) is 0 Å². The first kappa shape index (κ1) is 12.0. The van der Waals surface area contributed by atoms with E-state index in [-0.39, 0.29) is 17.0 Å². The van der Waals surface area contributed by atoms with Crippen LogP contribution in [0.1, 0.15) is 18.4 Å². The average molecular weight is 251 g/mol. The van der Waals surface area contributed by atoms with E-state index in [4.69, 9.17) is 11.0 Å². The van der Waals surface area contributed by atoms with Crippen LogP contribution < -0.4 is 10.5 Å². The quantitative estimate of drug-likeness (QED) is 0.809. The molecule has 1 fully saturated rings. The van der Waals surface area contributed by atoms with Gasteiger partial charge in [0.1, 0.15) is 0 Å². The standard InChI is InChI=1S/C11H13N3O2S/c12-7-8-2-1-3-11(4-8)17(15,16)14-10-5-9(13)6-10/h1-4,9-10,14H,5-6,13H2. The first-order valence-corrected chi connectivity index (χ1v) is 6.77. The number of nitriles is 1. The van der Waals surface area contributed by atoms with Gasteiger partial charge in [-0.2, -0.15) is 5.26 Å². The fourth-order valence-corrected chi connectivity index (χ4v) is 3.09. The van der Waals surface area contributed by atoms with Gasteiger partial charge in [0.25, 0.3) is 0 Å². The second-order valence-electron chi connectivity index (χ2n) is 4.19. The van der Waals surface area contributed by atoms with Gasteiger partial charge >= 0.3 is 0 Å². The zero-order chi connectivity index (χ0) is 12.5. The van der Waals surface area contributed by atoms with Crippen LogP contribution in [-0.2, 0) is 10.0 Å². The summed E-state index contributed by atoms with van der Waals surface area (Å²) in [6.45, 7) is 0. The molecule has 5 nitrogen and oxygen atoms in total. The normalized spacial score (nSPS) is 23.8. The van der Waals surface area contributed by atoms with Crippen molar-refractivity contribution >= 4 is 10.0 Å². The van der Waals surface area contributed by atoms with Crippen molar-refractivity contribution in [2.75, 3.05) is 0 Å². The van der Waals surface area contributed by atoms with Gasteiger partial charge in [0, 0.05) is 12.1 Å². The number of sulfonamides is 1. The highest BCUT2D eigenvalue weighted by Gasteiger charge is 2.30. The van der Waals surface area contributed by atoms with E-state index in [1.165, 1.54) is 12.1 Å². The third-order valence-electron chi connectivity index (χ3n) is 2.77. The minimum atomic E-state index is -3.53.